The van der Waals surface area contributed by atoms with Gasteiger partial charge in [0.25, 0.3) is 10.2 Å². The fourth-order valence-electron chi connectivity index (χ4n) is 2.17. The van der Waals surface area contributed by atoms with Gasteiger partial charge < -0.3 is 19.1 Å². The van der Waals surface area contributed by atoms with Gasteiger partial charge in [0.05, 0.1) is 12.0 Å². The molecule has 0 aromatic rings. The molecule has 1 unspecified atom stereocenters. The Balaban J connectivity index is 2.38. The fourth-order valence-corrected chi connectivity index (χ4v) is 2.17. The second kappa shape index (κ2) is 6.18. The molecular weight excluding hydrogens is 276 g/mol. The van der Waals surface area contributed by atoms with Crippen LogP contribution in [0.25, 0.3) is 0 Å². The largest absolute Gasteiger partial charge is 0.420 e. The molecule has 0 aliphatic carbocycles. The highest BCUT2D eigenvalue weighted by molar-refractivity contribution is 4.86. The lowest BCUT2D eigenvalue weighted by Gasteiger charge is -2.44. The van der Waals surface area contributed by atoms with E-state index in [1.165, 1.54) is 0 Å². The molecule has 1 heterocycles. The van der Waals surface area contributed by atoms with Gasteiger partial charge in [0, 0.05) is 0 Å². The summed E-state index contributed by atoms with van der Waals surface area (Å²) >= 11 is 0. The summed E-state index contributed by atoms with van der Waals surface area (Å²) in [5.74, 6) is 0. The molecule has 0 aromatic heterocycles. The minimum atomic E-state index is -0.899. The lowest BCUT2D eigenvalue weighted by atomic mass is 9.87. The molecule has 116 valence electrons. The zero-order valence-electron chi connectivity index (χ0n) is 11.4. The number of rotatable bonds is 9. The molecule has 10 heteroatoms. The molecule has 0 spiro atoms. The van der Waals surface area contributed by atoms with Crippen LogP contribution in [0.1, 0.15) is 13.8 Å². The van der Waals surface area contributed by atoms with Crippen LogP contribution in [0.4, 0.5) is 0 Å². The van der Waals surface area contributed by atoms with Crippen LogP contribution in [0.5, 0.6) is 0 Å². The quantitative estimate of drug-likeness (QED) is 0.359. The maximum atomic E-state index is 10.2. The van der Waals surface area contributed by atoms with E-state index in [0.29, 0.717) is 19.8 Å². The molecule has 10 nitrogen and oxygen atoms in total. The van der Waals surface area contributed by atoms with E-state index in [0.717, 1.165) is 0 Å². The maximum absolute atomic E-state index is 10.2. The van der Waals surface area contributed by atoms with Gasteiger partial charge in [-0.05, 0) is 13.8 Å². The molecule has 20 heavy (non-hydrogen) atoms. The van der Waals surface area contributed by atoms with Crippen molar-refractivity contribution in [2.24, 2.45) is 10.8 Å². The first-order valence-electron chi connectivity index (χ1n) is 5.98. The van der Waals surface area contributed by atoms with Crippen LogP contribution in [0.3, 0.4) is 0 Å². The average Bonchev–Trinajstić information content (AvgIpc) is 2.32. The smallest absolute Gasteiger partial charge is 0.294 e. The Morgan fingerprint density at radius 2 is 1.85 bits per heavy atom. The maximum Gasteiger partial charge on any atom is 0.294 e. The molecule has 1 aliphatic rings. The van der Waals surface area contributed by atoms with E-state index >= 15 is 0 Å². The highest BCUT2D eigenvalue weighted by atomic mass is 17.0. The first-order chi connectivity index (χ1) is 9.18. The molecule has 0 bridgehead atoms. The van der Waals surface area contributed by atoms with E-state index < -0.39 is 15.6 Å². The lowest BCUT2D eigenvalue weighted by Crippen LogP contribution is -2.55. The van der Waals surface area contributed by atoms with Crippen LogP contribution in [0.15, 0.2) is 0 Å². The summed E-state index contributed by atoms with van der Waals surface area (Å²) in [5, 5.41) is 27.9. The first-order valence-corrected chi connectivity index (χ1v) is 5.98. The minimum Gasteiger partial charge on any atom is -0.420 e. The van der Waals surface area contributed by atoms with Gasteiger partial charge in [0.1, 0.15) is 18.6 Å². The van der Waals surface area contributed by atoms with Crippen LogP contribution in [0, 0.1) is 31.1 Å². The van der Waals surface area contributed by atoms with Crippen LogP contribution >= 0.6 is 0 Å². The number of hydrogen-bond acceptors (Lipinski definition) is 7. The van der Waals surface area contributed by atoms with Crippen LogP contribution in [-0.2, 0) is 14.0 Å². The molecular formula is C10H19N2O8+. The summed E-state index contributed by atoms with van der Waals surface area (Å²) in [7, 11) is 0. The molecule has 1 rings (SSSR count). The summed E-state index contributed by atoms with van der Waals surface area (Å²) < 4.78 is 2.79. The second-order valence-electron chi connectivity index (χ2n) is 5.82. The van der Waals surface area contributed by atoms with Crippen molar-refractivity contribution in [1.29, 1.82) is 0 Å². The molecule has 1 saturated heterocycles. The minimum absolute atomic E-state index is 0.00919. The fraction of sp³-hybridized carbons (Fsp3) is 1.00. The molecule has 1 N–H and O–H groups in total. The first kappa shape index (κ1) is 16.4. The summed E-state index contributed by atoms with van der Waals surface area (Å²) in [6.07, 6.45) is 0. The van der Waals surface area contributed by atoms with E-state index in [1.54, 1.807) is 6.92 Å². The SMILES string of the molecule is CC(CO)(CO[N+](=O)[O-])C[O+]1CC(C)(CO[N+](=O)[O-])C1. The van der Waals surface area contributed by atoms with E-state index in [1.807, 2.05) is 6.92 Å². The van der Waals surface area contributed by atoms with Gasteiger partial charge >= 0.3 is 0 Å². The average molecular weight is 295 g/mol. The summed E-state index contributed by atoms with van der Waals surface area (Å²) in [6.45, 7) is 4.28. The molecule has 0 radical (unpaired) electrons. The summed E-state index contributed by atoms with van der Waals surface area (Å²) in [5.41, 5.74) is -1.14. The zero-order valence-corrected chi connectivity index (χ0v) is 11.4. The van der Waals surface area contributed by atoms with E-state index in [-0.39, 0.29) is 25.2 Å². The van der Waals surface area contributed by atoms with E-state index in [4.69, 9.17) is 0 Å². The normalized spacial score (nSPS) is 20.6. The monoisotopic (exact) mass is 295 g/mol. The van der Waals surface area contributed by atoms with Gasteiger partial charge in [-0.3, -0.25) is 0 Å². The van der Waals surface area contributed by atoms with Crippen molar-refractivity contribution in [3.05, 3.63) is 20.2 Å². The van der Waals surface area contributed by atoms with Crippen molar-refractivity contribution in [1.82, 2.24) is 0 Å². The summed E-state index contributed by atoms with van der Waals surface area (Å²) in [4.78, 5) is 29.0. The number of aliphatic hydroxyl groups excluding tert-OH is 1. The van der Waals surface area contributed by atoms with Crippen molar-refractivity contribution in [2.45, 2.75) is 13.8 Å². The summed E-state index contributed by atoms with van der Waals surface area (Å²) in [6, 6.07) is 0. The Morgan fingerprint density at radius 3 is 2.30 bits per heavy atom. The highest BCUT2D eigenvalue weighted by Gasteiger charge is 2.49. The van der Waals surface area contributed by atoms with Gasteiger partial charge in [0.15, 0.2) is 19.8 Å². The molecule has 1 aliphatic heterocycles. The van der Waals surface area contributed by atoms with E-state index in [2.05, 4.69) is 14.0 Å². The third-order valence-electron chi connectivity index (χ3n) is 3.08. The van der Waals surface area contributed by atoms with Crippen molar-refractivity contribution >= 4 is 0 Å². The Morgan fingerprint density at radius 1 is 1.30 bits per heavy atom. The zero-order chi connectivity index (χ0) is 15.4. The van der Waals surface area contributed by atoms with Crippen molar-refractivity contribution in [3.63, 3.8) is 0 Å². The lowest BCUT2D eigenvalue weighted by molar-refractivity contribution is -0.763. The van der Waals surface area contributed by atoms with Crippen molar-refractivity contribution in [3.8, 4) is 0 Å². The third kappa shape index (κ3) is 4.78. The molecule has 1 fully saturated rings. The highest BCUT2D eigenvalue weighted by Crippen LogP contribution is 2.36. The Bertz CT molecular complexity index is 370. The van der Waals surface area contributed by atoms with Crippen molar-refractivity contribution in [2.75, 3.05) is 39.6 Å². The number of hydrogen-bond donors (Lipinski definition) is 1. The van der Waals surface area contributed by atoms with Gasteiger partial charge in [-0.2, -0.15) is 0 Å². The van der Waals surface area contributed by atoms with Crippen LogP contribution < -0.4 is 0 Å². The molecule has 0 amide bonds. The second-order valence-corrected chi connectivity index (χ2v) is 5.82. The number of aliphatic hydroxyl groups is 1. The van der Waals surface area contributed by atoms with Gasteiger partial charge in [-0.25, -0.2) is 0 Å². The molecule has 0 saturated carbocycles. The molecule has 0 aromatic carbocycles. The standard InChI is InChI=1S/C10H19N2O8/c1-9(3-13,4-18-11(14)15)6-20-7-10(2,8-20)5-19-12(16)17/h13H,3-8H2,1-2H3/q+1. The number of nitrogens with zero attached hydrogens (tertiary/aromatic N) is 2. The molecule has 1 atom stereocenters. The van der Waals surface area contributed by atoms with Crippen LogP contribution in [0.2, 0.25) is 0 Å². The van der Waals surface area contributed by atoms with E-state index in [9.17, 15) is 25.3 Å². The predicted molar refractivity (Wildman–Crippen MR) is 64.9 cm³/mol. The van der Waals surface area contributed by atoms with Gasteiger partial charge in [0.2, 0.25) is 0 Å². The Hall–Kier alpha value is -1.68. The van der Waals surface area contributed by atoms with Crippen molar-refractivity contribution < 1.29 is 29.3 Å². The Labute approximate surface area is 115 Å². The topological polar surface area (TPSA) is 128 Å². The van der Waals surface area contributed by atoms with Crippen LogP contribution in [-0.4, -0.2) is 54.9 Å². The predicted octanol–water partition coefficient (Wildman–Crippen LogP) is -0.0262. The van der Waals surface area contributed by atoms with Gasteiger partial charge in [-0.1, -0.05) is 0 Å². The third-order valence-corrected chi connectivity index (χ3v) is 3.08. The van der Waals surface area contributed by atoms with Gasteiger partial charge in [-0.15, -0.1) is 20.2 Å². The Kier molecular flexibility index (Phi) is 5.06.